The van der Waals surface area contributed by atoms with Crippen molar-refractivity contribution in [3.05, 3.63) is 34.6 Å². The molecule has 82 valence electrons. The Morgan fingerprint density at radius 3 is 2.87 bits per heavy atom. The first-order valence-corrected chi connectivity index (χ1v) is 6.52. The number of thioether (sulfide) groups is 1. The molecule has 1 fully saturated rings. The van der Waals surface area contributed by atoms with Gasteiger partial charge in [-0.25, -0.2) is 4.39 Å². The van der Waals surface area contributed by atoms with Gasteiger partial charge in [-0.2, -0.15) is 11.8 Å². The number of rotatable bonds is 4. The van der Waals surface area contributed by atoms with Crippen LogP contribution < -0.4 is 5.32 Å². The highest BCUT2D eigenvalue weighted by atomic mass is 35.5. The summed E-state index contributed by atoms with van der Waals surface area (Å²) in [6.07, 6.45) is 0. The van der Waals surface area contributed by atoms with Crippen molar-refractivity contribution in [3.8, 4) is 0 Å². The van der Waals surface area contributed by atoms with Gasteiger partial charge in [0.1, 0.15) is 5.82 Å². The molecule has 1 aromatic rings. The largest absolute Gasteiger partial charge is 0.316 e. The predicted molar refractivity (Wildman–Crippen MR) is 63.9 cm³/mol. The first kappa shape index (κ1) is 11.2. The van der Waals surface area contributed by atoms with Crippen LogP contribution in [0.1, 0.15) is 5.56 Å². The molecule has 1 aliphatic rings. The molecule has 0 aliphatic carbocycles. The second-order valence-corrected chi connectivity index (χ2v) is 5.18. The molecule has 1 aliphatic heterocycles. The van der Waals surface area contributed by atoms with Crippen LogP contribution in [0.4, 0.5) is 4.39 Å². The lowest BCUT2D eigenvalue weighted by atomic mass is 10.1. The third-order valence-electron chi connectivity index (χ3n) is 2.53. The van der Waals surface area contributed by atoms with Crippen LogP contribution in [0.2, 0.25) is 5.02 Å². The van der Waals surface area contributed by atoms with Gasteiger partial charge in [0.05, 0.1) is 0 Å². The minimum Gasteiger partial charge on any atom is -0.316 e. The Kier molecular flexibility index (Phi) is 3.89. The quantitative estimate of drug-likeness (QED) is 0.876. The minimum atomic E-state index is -0.193. The molecule has 1 nitrogen and oxygen atoms in total. The number of benzene rings is 1. The lowest BCUT2D eigenvalue weighted by Crippen LogP contribution is -2.43. The van der Waals surface area contributed by atoms with Crippen molar-refractivity contribution in [1.29, 1.82) is 0 Å². The summed E-state index contributed by atoms with van der Waals surface area (Å²) >= 11 is 7.68. The van der Waals surface area contributed by atoms with Crippen molar-refractivity contribution < 1.29 is 4.39 Å². The smallest absolute Gasteiger partial charge is 0.128 e. The summed E-state index contributed by atoms with van der Waals surface area (Å²) in [4.78, 5) is 0. The van der Waals surface area contributed by atoms with Crippen LogP contribution in [0.25, 0.3) is 0 Å². The highest BCUT2D eigenvalue weighted by molar-refractivity contribution is 7.98. The number of hydrogen-bond acceptors (Lipinski definition) is 2. The molecule has 2 rings (SSSR count). The van der Waals surface area contributed by atoms with Gasteiger partial charge in [0.15, 0.2) is 0 Å². The maximum absolute atomic E-state index is 13.4. The molecule has 1 N–H and O–H groups in total. The van der Waals surface area contributed by atoms with E-state index in [2.05, 4.69) is 5.32 Å². The molecule has 0 saturated carbocycles. The Bertz CT molecular complexity index is 321. The van der Waals surface area contributed by atoms with E-state index >= 15 is 0 Å². The first-order chi connectivity index (χ1) is 7.27. The van der Waals surface area contributed by atoms with Crippen molar-refractivity contribution in [3.63, 3.8) is 0 Å². The zero-order valence-corrected chi connectivity index (χ0v) is 9.87. The molecule has 4 heteroatoms. The lowest BCUT2D eigenvalue weighted by Gasteiger charge is -2.26. The molecular weight excluding hydrogens is 233 g/mol. The van der Waals surface area contributed by atoms with Crippen LogP contribution in [0, 0.1) is 11.7 Å². The van der Waals surface area contributed by atoms with E-state index in [0.29, 0.717) is 16.3 Å². The van der Waals surface area contributed by atoms with Crippen LogP contribution >= 0.6 is 23.4 Å². The van der Waals surface area contributed by atoms with E-state index in [-0.39, 0.29) is 5.82 Å². The van der Waals surface area contributed by atoms with Crippen LogP contribution in [0.3, 0.4) is 0 Å². The van der Waals surface area contributed by atoms with Gasteiger partial charge in [-0.05, 0) is 36.9 Å². The lowest BCUT2D eigenvalue weighted by molar-refractivity contribution is 0.385. The SMILES string of the molecule is Fc1cccc(Cl)c1CSCC1CNC1. The Morgan fingerprint density at radius 2 is 2.27 bits per heavy atom. The topological polar surface area (TPSA) is 12.0 Å². The fraction of sp³-hybridized carbons (Fsp3) is 0.455. The monoisotopic (exact) mass is 245 g/mol. The summed E-state index contributed by atoms with van der Waals surface area (Å²) < 4.78 is 13.4. The molecule has 0 bridgehead atoms. The summed E-state index contributed by atoms with van der Waals surface area (Å²) in [5, 5.41) is 3.76. The predicted octanol–water partition coefficient (Wildman–Crippen LogP) is 2.93. The summed E-state index contributed by atoms with van der Waals surface area (Å²) in [5.41, 5.74) is 0.636. The summed E-state index contributed by atoms with van der Waals surface area (Å²) in [6.45, 7) is 2.19. The fourth-order valence-electron chi connectivity index (χ4n) is 1.46. The van der Waals surface area contributed by atoms with Crippen molar-refractivity contribution in [2.75, 3.05) is 18.8 Å². The van der Waals surface area contributed by atoms with Gasteiger partial charge in [0, 0.05) is 16.3 Å². The Morgan fingerprint density at radius 1 is 1.47 bits per heavy atom. The highest BCUT2D eigenvalue weighted by Gasteiger charge is 2.16. The van der Waals surface area contributed by atoms with E-state index in [9.17, 15) is 4.39 Å². The second-order valence-electron chi connectivity index (χ2n) is 3.74. The molecule has 0 amide bonds. The van der Waals surface area contributed by atoms with Crippen LogP contribution in [0.15, 0.2) is 18.2 Å². The molecule has 1 saturated heterocycles. The average molecular weight is 246 g/mol. The van der Waals surface area contributed by atoms with E-state index in [1.54, 1.807) is 23.9 Å². The summed E-state index contributed by atoms with van der Waals surface area (Å²) in [7, 11) is 0. The molecule has 0 spiro atoms. The van der Waals surface area contributed by atoms with E-state index in [0.717, 1.165) is 24.8 Å². The van der Waals surface area contributed by atoms with E-state index in [1.165, 1.54) is 6.07 Å². The van der Waals surface area contributed by atoms with Crippen molar-refractivity contribution in [1.82, 2.24) is 5.32 Å². The molecule has 0 radical (unpaired) electrons. The maximum Gasteiger partial charge on any atom is 0.128 e. The molecule has 15 heavy (non-hydrogen) atoms. The summed E-state index contributed by atoms with van der Waals surface area (Å²) in [6, 6.07) is 4.85. The molecule has 1 aromatic carbocycles. The number of hydrogen-bond donors (Lipinski definition) is 1. The average Bonchev–Trinajstić information content (AvgIpc) is 2.13. The van der Waals surface area contributed by atoms with E-state index in [4.69, 9.17) is 11.6 Å². The Balaban J connectivity index is 1.86. The van der Waals surface area contributed by atoms with Gasteiger partial charge in [-0.1, -0.05) is 17.7 Å². The zero-order valence-electron chi connectivity index (χ0n) is 8.30. The molecular formula is C11H13ClFNS. The third kappa shape index (κ3) is 2.86. The minimum absolute atomic E-state index is 0.193. The van der Waals surface area contributed by atoms with Gasteiger partial charge in [-0.15, -0.1) is 0 Å². The number of nitrogens with one attached hydrogen (secondary N) is 1. The van der Waals surface area contributed by atoms with E-state index < -0.39 is 0 Å². The molecule has 0 unspecified atom stereocenters. The van der Waals surface area contributed by atoms with Crippen LogP contribution in [-0.2, 0) is 5.75 Å². The van der Waals surface area contributed by atoms with Gasteiger partial charge >= 0.3 is 0 Å². The fourth-order valence-corrected chi connectivity index (χ4v) is 2.96. The zero-order chi connectivity index (χ0) is 10.7. The van der Waals surface area contributed by atoms with Crippen LogP contribution in [0.5, 0.6) is 0 Å². The Labute approximate surface area is 98.4 Å². The first-order valence-electron chi connectivity index (χ1n) is 4.98. The van der Waals surface area contributed by atoms with Gasteiger partial charge in [0.25, 0.3) is 0 Å². The molecule has 1 heterocycles. The van der Waals surface area contributed by atoms with Crippen molar-refractivity contribution in [2.24, 2.45) is 5.92 Å². The van der Waals surface area contributed by atoms with E-state index in [1.807, 2.05) is 0 Å². The molecule has 0 aromatic heterocycles. The summed E-state index contributed by atoms with van der Waals surface area (Å²) in [5.74, 6) is 2.31. The van der Waals surface area contributed by atoms with Gasteiger partial charge in [-0.3, -0.25) is 0 Å². The van der Waals surface area contributed by atoms with Gasteiger partial charge in [0.2, 0.25) is 0 Å². The third-order valence-corrected chi connectivity index (χ3v) is 4.08. The highest BCUT2D eigenvalue weighted by Crippen LogP contribution is 2.25. The van der Waals surface area contributed by atoms with Crippen molar-refractivity contribution >= 4 is 23.4 Å². The molecule has 0 atom stereocenters. The Hall–Kier alpha value is -0.250. The second kappa shape index (κ2) is 5.19. The van der Waals surface area contributed by atoms with Crippen molar-refractivity contribution in [2.45, 2.75) is 5.75 Å². The standard InChI is InChI=1S/C11H13ClFNS/c12-10-2-1-3-11(13)9(10)7-15-6-8-4-14-5-8/h1-3,8,14H,4-7H2. The normalized spacial score (nSPS) is 16.4. The van der Waals surface area contributed by atoms with Gasteiger partial charge < -0.3 is 5.32 Å². The van der Waals surface area contributed by atoms with Crippen LogP contribution in [-0.4, -0.2) is 18.8 Å². The maximum atomic E-state index is 13.4. The number of halogens is 2.